The molecule has 0 radical (unpaired) electrons. The second-order valence-corrected chi connectivity index (χ2v) is 5.93. The molecular weight excluding hydrogens is 280 g/mol. The van der Waals surface area contributed by atoms with Crippen LogP contribution in [0.4, 0.5) is 5.82 Å². The van der Waals surface area contributed by atoms with E-state index in [1.165, 1.54) is 0 Å². The molecule has 1 saturated heterocycles. The fourth-order valence-electron chi connectivity index (χ4n) is 3.21. The molecule has 0 unspecified atom stereocenters. The van der Waals surface area contributed by atoms with Gasteiger partial charge < -0.3 is 20.5 Å². The van der Waals surface area contributed by atoms with Gasteiger partial charge in [0.05, 0.1) is 18.0 Å². The Labute approximate surface area is 129 Å². The summed E-state index contributed by atoms with van der Waals surface area (Å²) in [6, 6.07) is 2.20. The topological polar surface area (TPSA) is 91.1 Å². The lowest BCUT2D eigenvalue weighted by Gasteiger charge is -2.42. The number of rotatable bonds is 3. The lowest BCUT2D eigenvalue weighted by molar-refractivity contribution is -0.131. The van der Waals surface area contributed by atoms with Crippen LogP contribution in [0.5, 0.6) is 0 Å². The van der Waals surface area contributed by atoms with Gasteiger partial charge in [0.15, 0.2) is 0 Å². The number of fused-ring (bicyclic) bond motifs is 1. The maximum atomic E-state index is 11.9. The highest BCUT2D eigenvalue weighted by atomic mass is 16.2. The third-order valence-corrected chi connectivity index (χ3v) is 4.61. The first-order valence-corrected chi connectivity index (χ1v) is 7.60. The van der Waals surface area contributed by atoms with Crippen LogP contribution in [0, 0.1) is 5.92 Å². The van der Waals surface area contributed by atoms with E-state index in [0.29, 0.717) is 12.5 Å². The number of nitrogens with two attached hydrogens (primary N) is 1. The molecule has 0 spiro atoms. The monoisotopic (exact) mass is 302 g/mol. The Kier molecular flexibility index (Phi) is 3.98. The van der Waals surface area contributed by atoms with Crippen LogP contribution in [-0.4, -0.2) is 58.5 Å². The molecule has 0 saturated carbocycles. The third-order valence-electron chi connectivity index (χ3n) is 4.61. The largest absolute Gasteiger partial charge is 0.354 e. The molecule has 118 valence electrons. The normalized spacial score (nSPS) is 22.0. The molecule has 1 aliphatic heterocycles. The number of aromatic nitrogens is 3. The predicted octanol–water partition coefficient (Wildman–Crippen LogP) is 0.590. The lowest BCUT2D eigenvalue weighted by Crippen LogP contribution is -2.54. The number of carbonyl (C=O) groups excluding carboxylic acids is 1. The Bertz CT molecular complexity index is 669. The van der Waals surface area contributed by atoms with E-state index in [2.05, 4.69) is 26.8 Å². The van der Waals surface area contributed by atoms with Gasteiger partial charge in [-0.25, -0.2) is 9.97 Å². The number of nitrogens with zero attached hydrogens (tertiary/aromatic N) is 4. The van der Waals surface area contributed by atoms with Crippen LogP contribution < -0.4 is 10.6 Å². The van der Waals surface area contributed by atoms with Crippen molar-refractivity contribution in [2.75, 3.05) is 31.6 Å². The molecule has 0 aliphatic carbocycles. The van der Waals surface area contributed by atoms with Gasteiger partial charge in [-0.3, -0.25) is 4.79 Å². The van der Waals surface area contributed by atoms with Crippen LogP contribution in [0.15, 0.2) is 18.6 Å². The quantitative estimate of drug-likeness (QED) is 0.866. The van der Waals surface area contributed by atoms with Gasteiger partial charge in [-0.2, -0.15) is 0 Å². The summed E-state index contributed by atoms with van der Waals surface area (Å²) in [7, 11) is 2.03. The smallest absolute Gasteiger partial charge is 0.236 e. The van der Waals surface area contributed by atoms with Gasteiger partial charge in [-0.15, -0.1) is 0 Å². The van der Waals surface area contributed by atoms with Gasteiger partial charge in [-0.1, -0.05) is 6.92 Å². The minimum atomic E-state index is 0.0137. The molecule has 2 aromatic rings. The van der Waals surface area contributed by atoms with Crippen LogP contribution in [0.1, 0.15) is 13.3 Å². The Morgan fingerprint density at radius 3 is 3.14 bits per heavy atom. The van der Waals surface area contributed by atoms with E-state index < -0.39 is 0 Å². The van der Waals surface area contributed by atoms with Crippen LogP contribution >= 0.6 is 0 Å². The second kappa shape index (κ2) is 5.92. The van der Waals surface area contributed by atoms with E-state index in [1.807, 2.05) is 24.2 Å². The predicted molar refractivity (Wildman–Crippen MR) is 85.5 cm³/mol. The van der Waals surface area contributed by atoms with Crippen molar-refractivity contribution in [2.45, 2.75) is 19.4 Å². The average Bonchev–Trinajstić information content (AvgIpc) is 3.02. The number of nitrogens with one attached hydrogen (secondary N) is 1. The molecule has 7 heteroatoms. The van der Waals surface area contributed by atoms with Crippen molar-refractivity contribution in [3.05, 3.63) is 18.6 Å². The minimum Gasteiger partial charge on any atom is -0.354 e. The van der Waals surface area contributed by atoms with Gasteiger partial charge in [0.2, 0.25) is 5.91 Å². The standard InChI is InChI=1S/C15H22N6O/c1-10-4-6-21(13(22)7-16)8-12(10)20(2)15-11-3-5-17-14(11)18-9-19-15/h3,5,9-10,12H,4,6-8,16H2,1-2H3,(H,17,18,19)/t10-,12+/m1/s1. The number of piperidine rings is 1. The van der Waals surface area contributed by atoms with Gasteiger partial charge in [0.25, 0.3) is 0 Å². The highest BCUT2D eigenvalue weighted by molar-refractivity contribution is 5.87. The molecule has 1 aliphatic rings. The molecule has 2 atom stereocenters. The van der Waals surface area contributed by atoms with Crippen molar-refractivity contribution in [2.24, 2.45) is 11.7 Å². The van der Waals surface area contributed by atoms with E-state index in [9.17, 15) is 4.79 Å². The average molecular weight is 302 g/mol. The molecule has 1 amide bonds. The highest BCUT2D eigenvalue weighted by Crippen LogP contribution is 2.28. The molecular formula is C15H22N6O. The summed E-state index contributed by atoms with van der Waals surface area (Å²) in [5, 5.41) is 1.000. The van der Waals surface area contributed by atoms with Crippen molar-refractivity contribution in [3.63, 3.8) is 0 Å². The number of hydrogen-bond acceptors (Lipinski definition) is 5. The summed E-state index contributed by atoms with van der Waals surface area (Å²) < 4.78 is 0. The zero-order valence-electron chi connectivity index (χ0n) is 13.0. The van der Waals surface area contributed by atoms with Crippen molar-refractivity contribution in [1.29, 1.82) is 0 Å². The maximum Gasteiger partial charge on any atom is 0.236 e. The molecule has 1 fully saturated rings. The van der Waals surface area contributed by atoms with Crippen molar-refractivity contribution < 1.29 is 4.79 Å². The third kappa shape index (κ3) is 2.52. The summed E-state index contributed by atoms with van der Waals surface area (Å²) in [4.78, 5) is 27.7. The molecule has 2 aromatic heterocycles. The van der Waals surface area contributed by atoms with Crippen molar-refractivity contribution >= 4 is 22.8 Å². The molecule has 22 heavy (non-hydrogen) atoms. The van der Waals surface area contributed by atoms with Gasteiger partial charge >= 0.3 is 0 Å². The van der Waals surface area contributed by atoms with Gasteiger partial charge in [0.1, 0.15) is 17.8 Å². The van der Waals surface area contributed by atoms with Gasteiger partial charge in [0, 0.05) is 26.3 Å². The van der Waals surface area contributed by atoms with E-state index >= 15 is 0 Å². The van der Waals surface area contributed by atoms with Crippen LogP contribution in [-0.2, 0) is 4.79 Å². The Hall–Kier alpha value is -2.15. The van der Waals surface area contributed by atoms with Crippen LogP contribution in [0.2, 0.25) is 0 Å². The highest BCUT2D eigenvalue weighted by Gasteiger charge is 2.32. The zero-order chi connectivity index (χ0) is 15.7. The Morgan fingerprint density at radius 1 is 1.55 bits per heavy atom. The van der Waals surface area contributed by atoms with E-state index in [0.717, 1.165) is 29.8 Å². The van der Waals surface area contributed by atoms with Crippen molar-refractivity contribution in [1.82, 2.24) is 19.9 Å². The maximum absolute atomic E-state index is 11.9. The number of anilines is 1. The SMILES string of the molecule is C[C@@H]1CCN(C(=O)CN)C[C@@H]1N(C)c1ncnc2[nH]ccc12. The molecule has 0 bridgehead atoms. The summed E-state index contributed by atoms with van der Waals surface area (Å²) in [5.74, 6) is 1.39. The summed E-state index contributed by atoms with van der Waals surface area (Å²) in [5.41, 5.74) is 6.33. The van der Waals surface area contributed by atoms with Crippen LogP contribution in [0.25, 0.3) is 11.0 Å². The Morgan fingerprint density at radius 2 is 2.36 bits per heavy atom. The number of amides is 1. The van der Waals surface area contributed by atoms with E-state index in [4.69, 9.17) is 5.73 Å². The first-order chi connectivity index (χ1) is 10.6. The lowest BCUT2D eigenvalue weighted by atomic mass is 9.92. The molecule has 0 aromatic carbocycles. The number of likely N-dealkylation sites (tertiary alicyclic amines) is 1. The van der Waals surface area contributed by atoms with E-state index in [1.54, 1.807) is 6.33 Å². The molecule has 3 heterocycles. The first-order valence-electron chi connectivity index (χ1n) is 7.60. The first kappa shape index (κ1) is 14.8. The molecule has 7 nitrogen and oxygen atoms in total. The summed E-state index contributed by atoms with van der Waals surface area (Å²) in [6.07, 6.45) is 4.41. The number of likely N-dealkylation sites (N-methyl/N-ethyl adjacent to an activating group) is 1. The fraction of sp³-hybridized carbons (Fsp3) is 0.533. The second-order valence-electron chi connectivity index (χ2n) is 5.93. The van der Waals surface area contributed by atoms with Crippen molar-refractivity contribution in [3.8, 4) is 0 Å². The molecule has 3 rings (SSSR count). The summed E-state index contributed by atoms with van der Waals surface area (Å²) >= 11 is 0. The van der Waals surface area contributed by atoms with Gasteiger partial charge in [-0.05, 0) is 18.4 Å². The van der Waals surface area contributed by atoms with E-state index in [-0.39, 0.29) is 18.5 Å². The number of aromatic amines is 1. The minimum absolute atomic E-state index is 0.0137. The Balaban J connectivity index is 1.88. The fourth-order valence-corrected chi connectivity index (χ4v) is 3.21. The number of H-pyrrole nitrogens is 1. The number of hydrogen-bond donors (Lipinski definition) is 2. The van der Waals surface area contributed by atoms with Crippen LogP contribution in [0.3, 0.4) is 0 Å². The number of carbonyl (C=O) groups is 1. The molecule has 3 N–H and O–H groups in total. The zero-order valence-corrected chi connectivity index (χ0v) is 13.0. The summed E-state index contributed by atoms with van der Waals surface area (Å²) in [6.45, 7) is 3.76.